The highest BCUT2D eigenvalue weighted by Gasteiger charge is 2.29. The molecule has 3 aromatic rings. The Kier molecular flexibility index (Phi) is 6.44. The van der Waals surface area contributed by atoms with E-state index in [0.717, 1.165) is 84.0 Å². The third-order valence-electron chi connectivity index (χ3n) is 7.12. The molecule has 2 aliphatic rings. The molecule has 1 aliphatic heterocycles. The summed E-state index contributed by atoms with van der Waals surface area (Å²) in [6, 6.07) is 2.29. The highest BCUT2D eigenvalue weighted by molar-refractivity contribution is 7.21. The third kappa shape index (κ3) is 4.95. The van der Waals surface area contributed by atoms with Gasteiger partial charge in [0, 0.05) is 25.4 Å². The molecule has 2 unspecified atom stereocenters. The number of hydrogen-bond donors (Lipinski definition) is 4. The van der Waals surface area contributed by atoms with Gasteiger partial charge >= 0.3 is 0 Å². The SMILES string of the molecule is Cc1nc(NCC2(C)CCNCC2)nc(NC2CCC(CO)C2)c1-c1nc2cnccc2s1. The maximum atomic E-state index is 9.59. The zero-order chi connectivity index (χ0) is 22.8. The summed E-state index contributed by atoms with van der Waals surface area (Å²) in [7, 11) is 0. The molecule has 0 aromatic carbocycles. The molecule has 8 nitrogen and oxygen atoms in total. The zero-order valence-corrected chi connectivity index (χ0v) is 20.2. The fourth-order valence-corrected chi connectivity index (χ4v) is 5.99. The van der Waals surface area contributed by atoms with Crippen molar-refractivity contribution < 1.29 is 5.11 Å². The van der Waals surface area contributed by atoms with Gasteiger partial charge in [0.1, 0.15) is 16.3 Å². The van der Waals surface area contributed by atoms with Crippen LogP contribution in [-0.4, -0.2) is 57.3 Å². The van der Waals surface area contributed by atoms with Crippen molar-refractivity contribution in [3.05, 3.63) is 24.2 Å². The van der Waals surface area contributed by atoms with Gasteiger partial charge in [-0.05, 0) is 69.5 Å². The number of nitrogens with zero attached hydrogens (tertiary/aromatic N) is 4. The molecular weight excluding hydrogens is 434 g/mol. The van der Waals surface area contributed by atoms with Crippen LogP contribution in [0.2, 0.25) is 0 Å². The smallest absolute Gasteiger partial charge is 0.224 e. The van der Waals surface area contributed by atoms with Gasteiger partial charge < -0.3 is 21.1 Å². The number of aliphatic hydroxyl groups is 1. The number of piperidine rings is 1. The first-order valence-electron chi connectivity index (χ1n) is 11.9. The Labute approximate surface area is 198 Å². The normalized spacial score (nSPS) is 22.5. The van der Waals surface area contributed by atoms with Gasteiger partial charge in [-0.2, -0.15) is 4.98 Å². The number of hydrogen-bond acceptors (Lipinski definition) is 9. The number of nitrogens with one attached hydrogen (secondary N) is 3. The molecule has 3 aromatic heterocycles. The molecule has 1 saturated heterocycles. The van der Waals surface area contributed by atoms with Gasteiger partial charge in [-0.15, -0.1) is 11.3 Å². The lowest BCUT2D eigenvalue weighted by Gasteiger charge is -2.34. The maximum Gasteiger partial charge on any atom is 0.224 e. The third-order valence-corrected chi connectivity index (χ3v) is 8.17. The molecule has 1 aliphatic carbocycles. The lowest BCUT2D eigenvalue weighted by molar-refractivity contribution is 0.229. The van der Waals surface area contributed by atoms with Crippen LogP contribution < -0.4 is 16.0 Å². The molecule has 0 spiro atoms. The number of aromatic nitrogens is 4. The fraction of sp³-hybridized carbons (Fsp3) is 0.583. The van der Waals surface area contributed by atoms with Gasteiger partial charge in [-0.3, -0.25) is 4.98 Å². The number of rotatable bonds is 7. The first-order chi connectivity index (χ1) is 16.0. The van der Waals surface area contributed by atoms with Crippen molar-refractivity contribution in [1.29, 1.82) is 0 Å². The average molecular weight is 468 g/mol. The second-order valence-electron chi connectivity index (χ2n) is 9.84. The van der Waals surface area contributed by atoms with E-state index in [1.807, 2.05) is 13.0 Å². The molecule has 0 amide bonds. The average Bonchev–Trinajstić information content (AvgIpc) is 3.44. The first kappa shape index (κ1) is 22.4. The quantitative estimate of drug-likeness (QED) is 0.415. The van der Waals surface area contributed by atoms with E-state index in [9.17, 15) is 5.11 Å². The van der Waals surface area contributed by atoms with E-state index in [4.69, 9.17) is 15.0 Å². The van der Waals surface area contributed by atoms with Crippen LogP contribution in [0.5, 0.6) is 0 Å². The Balaban J connectivity index is 1.46. The standard InChI is InChI=1S/C24H33N7OS/c1-15-20(22-30-18-12-26-8-5-19(18)33-22)21(29-17-4-3-16(11-17)13-32)31-23(28-15)27-14-24(2)6-9-25-10-7-24/h5,8,12,16-17,25,32H,3-4,6-7,9-11,13-14H2,1-2H3,(H2,27,28,29,31). The fourth-order valence-electron chi connectivity index (χ4n) is 4.96. The van der Waals surface area contributed by atoms with Crippen molar-refractivity contribution in [3.8, 4) is 10.6 Å². The largest absolute Gasteiger partial charge is 0.396 e. The lowest BCUT2D eigenvalue weighted by atomic mass is 9.81. The van der Waals surface area contributed by atoms with E-state index in [2.05, 4.69) is 27.9 Å². The molecule has 4 heterocycles. The Hall–Kier alpha value is -2.36. The Bertz CT molecular complexity index is 1080. The van der Waals surface area contributed by atoms with Gasteiger partial charge in [-0.1, -0.05) is 6.92 Å². The van der Waals surface area contributed by atoms with Crippen molar-refractivity contribution in [3.63, 3.8) is 0 Å². The molecule has 0 radical (unpaired) electrons. The molecule has 2 atom stereocenters. The molecule has 4 N–H and O–H groups in total. The second kappa shape index (κ2) is 9.48. The summed E-state index contributed by atoms with van der Waals surface area (Å²) in [5, 5.41) is 21.2. The Morgan fingerprint density at radius 1 is 1.21 bits per heavy atom. The minimum absolute atomic E-state index is 0.245. The van der Waals surface area contributed by atoms with Gasteiger partial charge in [0.2, 0.25) is 5.95 Å². The predicted octanol–water partition coefficient (Wildman–Crippen LogP) is 3.83. The molecule has 0 bridgehead atoms. The van der Waals surface area contributed by atoms with Crippen molar-refractivity contribution >= 4 is 33.3 Å². The van der Waals surface area contributed by atoms with Gasteiger partial charge in [0.15, 0.2) is 0 Å². The van der Waals surface area contributed by atoms with Crippen LogP contribution in [0.15, 0.2) is 18.5 Å². The van der Waals surface area contributed by atoms with E-state index in [-0.39, 0.29) is 12.0 Å². The van der Waals surface area contributed by atoms with E-state index >= 15 is 0 Å². The van der Waals surface area contributed by atoms with Gasteiger partial charge in [0.05, 0.1) is 22.2 Å². The number of aliphatic hydroxyl groups excluding tert-OH is 1. The molecule has 5 rings (SSSR count). The summed E-state index contributed by atoms with van der Waals surface area (Å²) in [5.74, 6) is 1.86. The minimum Gasteiger partial charge on any atom is -0.396 e. The summed E-state index contributed by atoms with van der Waals surface area (Å²) in [6.45, 7) is 7.60. The summed E-state index contributed by atoms with van der Waals surface area (Å²) in [4.78, 5) is 18.8. The van der Waals surface area contributed by atoms with Crippen LogP contribution in [0.3, 0.4) is 0 Å². The van der Waals surface area contributed by atoms with Crippen molar-refractivity contribution in [2.75, 3.05) is 36.9 Å². The van der Waals surface area contributed by atoms with Crippen LogP contribution in [0, 0.1) is 18.3 Å². The monoisotopic (exact) mass is 467 g/mol. The van der Waals surface area contributed by atoms with Crippen LogP contribution in [0.1, 0.15) is 44.7 Å². The van der Waals surface area contributed by atoms with Crippen molar-refractivity contribution in [1.82, 2.24) is 25.3 Å². The summed E-state index contributed by atoms with van der Waals surface area (Å²) in [6.07, 6.45) is 8.92. The second-order valence-corrected chi connectivity index (χ2v) is 10.9. The topological polar surface area (TPSA) is 108 Å². The Morgan fingerprint density at radius 2 is 2.06 bits per heavy atom. The first-order valence-corrected chi connectivity index (χ1v) is 12.8. The van der Waals surface area contributed by atoms with Crippen molar-refractivity contribution in [2.24, 2.45) is 11.3 Å². The molecule has 2 fully saturated rings. The highest BCUT2D eigenvalue weighted by Crippen LogP contribution is 2.38. The van der Waals surface area contributed by atoms with Crippen LogP contribution >= 0.6 is 11.3 Å². The minimum atomic E-state index is 0.245. The van der Waals surface area contributed by atoms with E-state index in [1.54, 1.807) is 23.7 Å². The number of pyridine rings is 1. The number of fused-ring (bicyclic) bond motifs is 1. The summed E-state index contributed by atoms with van der Waals surface area (Å²) in [5.41, 5.74) is 3.01. The molecular formula is C24H33N7OS. The number of thiazole rings is 1. The van der Waals surface area contributed by atoms with Crippen molar-refractivity contribution in [2.45, 2.75) is 52.0 Å². The Morgan fingerprint density at radius 3 is 2.82 bits per heavy atom. The molecule has 1 saturated carbocycles. The number of anilines is 2. The van der Waals surface area contributed by atoms with Crippen LogP contribution in [0.25, 0.3) is 20.8 Å². The van der Waals surface area contributed by atoms with Crippen LogP contribution in [-0.2, 0) is 0 Å². The van der Waals surface area contributed by atoms with E-state index in [0.29, 0.717) is 17.9 Å². The molecule has 33 heavy (non-hydrogen) atoms. The van der Waals surface area contributed by atoms with Crippen LogP contribution in [0.4, 0.5) is 11.8 Å². The van der Waals surface area contributed by atoms with Gasteiger partial charge in [-0.25, -0.2) is 9.97 Å². The summed E-state index contributed by atoms with van der Waals surface area (Å²) < 4.78 is 1.10. The molecule has 176 valence electrons. The van der Waals surface area contributed by atoms with Gasteiger partial charge in [0.25, 0.3) is 0 Å². The molecule has 9 heteroatoms. The summed E-state index contributed by atoms with van der Waals surface area (Å²) >= 11 is 1.64. The number of aryl methyl sites for hydroxylation is 1. The maximum absolute atomic E-state index is 9.59. The highest BCUT2D eigenvalue weighted by atomic mass is 32.1. The van der Waals surface area contributed by atoms with E-state index in [1.165, 1.54) is 0 Å². The van der Waals surface area contributed by atoms with E-state index < -0.39 is 0 Å². The predicted molar refractivity (Wildman–Crippen MR) is 134 cm³/mol. The lowest BCUT2D eigenvalue weighted by Crippen LogP contribution is -2.39. The zero-order valence-electron chi connectivity index (χ0n) is 19.4.